The molecule has 3 rings (SSSR count). The molecule has 0 radical (unpaired) electrons. The van der Waals surface area contributed by atoms with Crippen LogP contribution in [0.1, 0.15) is 63.6 Å². The summed E-state index contributed by atoms with van der Waals surface area (Å²) in [5.74, 6) is 0.356. The Hall–Kier alpha value is -1.83. The predicted molar refractivity (Wildman–Crippen MR) is 94.9 cm³/mol. The maximum atomic E-state index is 11.4. The summed E-state index contributed by atoms with van der Waals surface area (Å²) in [7, 11) is 0. The van der Waals surface area contributed by atoms with Gasteiger partial charge in [-0.15, -0.1) is 0 Å². The summed E-state index contributed by atoms with van der Waals surface area (Å²) < 4.78 is 5.59. The summed E-state index contributed by atoms with van der Waals surface area (Å²) in [6.07, 6.45) is 1.82. The number of carbonyl (C=O) groups is 1. The molecule has 122 valence electrons. The quantitative estimate of drug-likeness (QED) is 0.720. The molecule has 2 aromatic rings. The van der Waals surface area contributed by atoms with Gasteiger partial charge in [-0.05, 0) is 46.2 Å². The monoisotopic (exact) mass is 310 g/mol. The van der Waals surface area contributed by atoms with E-state index in [9.17, 15) is 4.79 Å². The van der Waals surface area contributed by atoms with Crippen LogP contribution in [0.5, 0.6) is 0 Å². The van der Waals surface area contributed by atoms with Crippen molar-refractivity contribution in [2.24, 2.45) is 0 Å². The highest BCUT2D eigenvalue weighted by Crippen LogP contribution is 2.41. The first-order valence-corrected chi connectivity index (χ1v) is 8.54. The van der Waals surface area contributed by atoms with Gasteiger partial charge in [0.25, 0.3) is 0 Å². The number of hydrogen-bond donors (Lipinski definition) is 0. The SMILES string of the molecule is CC(=O)OC1CCc2c(ccc3cc(C(C)C)ccc23)C1(C)C. The number of carbonyl (C=O) groups excluding carboxylic acids is 1. The Bertz CT molecular complexity index is 756. The van der Waals surface area contributed by atoms with Crippen LogP contribution in [0.25, 0.3) is 10.8 Å². The van der Waals surface area contributed by atoms with Crippen molar-refractivity contribution in [2.75, 3.05) is 0 Å². The minimum Gasteiger partial charge on any atom is -0.462 e. The standard InChI is InChI=1S/C21H26O2/c1-13(2)15-6-8-17-16(12-15)7-10-19-18(17)9-11-20(21(19,4)5)23-14(3)22/h6-8,10,12-13,20H,9,11H2,1-5H3. The van der Waals surface area contributed by atoms with Gasteiger partial charge >= 0.3 is 5.97 Å². The van der Waals surface area contributed by atoms with Gasteiger partial charge < -0.3 is 4.74 Å². The number of aryl methyl sites for hydroxylation is 1. The van der Waals surface area contributed by atoms with E-state index in [0.717, 1.165) is 12.8 Å². The second-order valence-corrected chi connectivity index (χ2v) is 7.59. The molecule has 1 atom stereocenters. The first-order chi connectivity index (χ1) is 10.8. The van der Waals surface area contributed by atoms with Gasteiger partial charge in [-0.3, -0.25) is 4.79 Å². The van der Waals surface area contributed by atoms with E-state index >= 15 is 0 Å². The molecular weight excluding hydrogens is 284 g/mol. The van der Waals surface area contributed by atoms with Crippen LogP contribution in [0, 0.1) is 0 Å². The van der Waals surface area contributed by atoms with Gasteiger partial charge in [-0.2, -0.15) is 0 Å². The lowest BCUT2D eigenvalue weighted by Crippen LogP contribution is -2.41. The summed E-state index contributed by atoms with van der Waals surface area (Å²) in [6, 6.07) is 11.3. The first kappa shape index (κ1) is 16.0. The van der Waals surface area contributed by atoms with E-state index in [-0.39, 0.29) is 17.5 Å². The van der Waals surface area contributed by atoms with Gasteiger partial charge in [0, 0.05) is 12.3 Å². The van der Waals surface area contributed by atoms with Crippen LogP contribution in [0.15, 0.2) is 30.3 Å². The Kier molecular flexibility index (Phi) is 3.95. The van der Waals surface area contributed by atoms with Crippen LogP contribution in [0.3, 0.4) is 0 Å². The number of esters is 1. The van der Waals surface area contributed by atoms with E-state index in [2.05, 4.69) is 58.0 Å². The third kappa shape index (κ3) is 2.75. The molecule has 2 nitrogen and oxygen atoms in total. The summed E-state index contributed by atoms with van der Waals surface area (Å²) >= 11 is 0. The molecule has 0 aromatic heterocycles. The van der Waals surface area contributed by atoms with E-state index < -0.39 is 0 Å². The molecule has 1 aliphatic carbocycles. The number of ether oxygens (including phenoxy) is 1. The molecular formula is C21H26O2. The molecule has 2 heteroatoms. The maximum Gasteiger partial charge on any atom is 0.302 e. The van der Waals surface area contributed by atoms with E-state index in [4.69, 9.17) is 4.74 Å². The topological polar surface area (TPSA) is 26.3 Å². The molecule has 1 aliphatic rings. The molecule has 0 aliphatic heterocycles. The second kappa shape index (κ2) is 5.67. The minimum atomic E-state index is -0.186. The lowest BCUT2D eigenvalue weighted by atomic mass is 9.69. The first-order valence-electron chi connectivity index (χ1n) is 8.54. The van der Waals surface area contributed by atoms with Crippen molar-refractivity contribution >= 4 is 16.7 Å². The summed E-state index contributed by atoms with van der Waals surface area (Å²) in [5.41, 5.74) is 3.97. The Morgan fingerprint density at radius 2 is 1.96 bits per heavy atom. The molecule has 23 heavy (non-hydrogen) atoms. The molecule has 2 aromatic carbocycles. The molecule has 0 amide bonds. The fourth-order valence-electron chi connectivity index (χ4n) is 3.86. The van der Waals surface area contributed by atoms with E-state index in [1.54, 1.807) is 0 Å². The van der Waals surface area contributed by atoms with Gasteiger partial charge in [-0.25, -0.2) is 0 Å². The highest BCUT2D eigenvalue weighted by molar-refractivity contribution is 5.88. The summed E-state index contributed by atoms with van der Waals surface area (Å²) in [5, 5.41) is 2.66. The van der Waals surface area contributed by atoms with Gasteiger partial charge in [0.2, 0.25) is 0 Å². The van der Waals surface area contributed by atoms with Crippen LogP contribution in [0.4, 0.5) is 0 Å². The molecule has 0 N–H and O–H groups in total. The number of hydrogen-bond acceptors (Lipinski definition) is 2. The van der Waals surface area contributed by atoms with Gasteiger partial charge in [0.1, 0.15) is 6.10 Å². The summed E-state index contributed by atoms with van der Waals surface area (Å²) in [4.78, 5) is 11.4. The largest absolute Gasteiger partial charge is 0.462 e. The third-order valence-corrected chi connectivity index (χ3v) is 5.29. The Morgan fingerprint density at radius 1 is 1.22 bits per heavy atom. The Morgan fingerprint density at radius 3 is 2.61 bits per heavy atom. The van der Waals surface area contributed by atoms with Crippen LogP contribution in [0.2, 0.25) is 0 Å². The average molecular weight is 310 g/mol. The molecule has 0 spiro atoms. The van der Waals surface area contributed by atoms with E-state index in [1.807, 2.05) is 0 Å². The van der Waals surface area contributed by atoms with Crippen molar-refractivity contribution in [1.29, 1.82) is 0 Å². The van der Waals surface area contributed by atoms with Crippen molar-refractivity contribution in [3.63, 3.8) is 0 Å². The second-order valence-electron chi connectivity index (χ2n) is 7.59. The molecule has 0 saturated carbocycles. The van der Waals surface area contributed by atoms with Crippen LogP contribution < -0.4 is 0 Å². The molecule has 1 unspecified atom stereocenters. The maximum absolute atomic E-state index is 11.4. The van der Waals surface area contributed by atoms with Crippen LogP contribution >= 0.6 is 0 Å². The molecule has 0 fully saturated rings. The molecule has 0 bridgehead atoms. The fraction of sp³-hybridized carbons (Fsp3) is 0.476. The summed E-state index contributed by atoms with van der Waals surface area (Å²) in [6.45, 7) is 10.3. The smallest absolute Gasteiger partial charge is 0.302 e. The van der Waals surface area contributed by atoms with E-state index in [1.165, 1.54) is 34.4 Å². The molecule has 0 saturated heterocycles. The van der Waals surface area contributed by atoms with Gasteiger partial charge in [-0.1, -0.05) is 58.0 Å². The number of benzene rings is 2. The van der Waals surface area contributed by atoms with Crippen molar-refractivity contribution < 1.29 is 9.53 Å². The Balaban J connectivity index is 2.10. The lowest BCUT2D eigenvalue weighted by Gasteiger charge is -2.40. The van der Waals surface area contributed by atoms with E-state index in [0.29, 0.717) is 5.92 Å². The predicted octanol–water partition coefficient (Wildman–Crippen LogP) is 5.12. The third-order valence-electron chi connectivity index (χ3n) is 5.29. The Labute approximate surface area is 138 Å². The zero-order valence-corrected chi connectivity index (χ0v) is 14.8. The van der Waals surface area contributed by atoms with Gasteiger partial charge in [0.15, 0.2) is 0 Å². The normalized spacial score (nSPS) is 19.7. The van der Waals surface area contributed by atoms with Crippen molar-refractivity contribution in [2.45, 2.75) is 64.9 Å². The lowest BCUT2D eigenvalue weighted by molar-refractivity contribution is -0.150. The van der Waals surface area contributed by atoms with Crippen molar-refractivity contribution in [1.82, 2.24) is 0 Å². The number of rotatable bonds is 2. The van der Waals surface area contributed by atoms with Crippen LogP contribution in [-0.4, -0.2) is 12.1 Å². The highest BCUT2D eigenvalue weighted by Gasteiger charge is 2.39. The fourth-order valence-corrected chi connectivity index (χ4v) is 3.86. The van der Waals surface area contributed by atoms with Crippen molar-refractivity contribution in [3.05, 3.63) is 47.0 Å². The number of fused-ring (bicyclic) bond motifs is 3. The minimum absolute atomic E-state index is 0.0418. The average Bonchev–Trinajstić information content (AvgIpc) is 2.48. The van der Waals surface area contributed by atoms with Crippen molar-refractivity contribution in [3.8, 4) is 0 Å². The molecule has 0 heterocycles. The highest BCUT2D eigenvalue weighted by atomic mass is 16.5. The zero-order chi connectivity index (χ0) is 16.8. The zero-order valence-electron chi connectivity index (χ0n) is 14.8. The van der Waals surface area contributed by atoms with Crippen LogP contribution in [-0.2, 0) is 21.4 Å². The van der Waals surface area contributed by atoms with Gasteiger partial charge in [0.05, 0.1) is 0 Å².